The van der Waals surface area contributed by atoms with E-state index in [9.17, 15) is 9.50 Å². The largest absolute Gasteiger partial charge is 0.496 e. The Kier molecular flexibility index (Phi) is 5.48. The topological polar surface area (TPSA) is 58.1 Å². The van der Waals surface area contributed by atoms with Crippen molar-refractivity contribution >= 4 is 10.9 Å². The van der Waals surface area contributed by atoms with E-state index in [4.69, 9.17) is 4.74 Å². The predicted octanol–water partition coefficient (Wildman–Crippen LogP) is 5.01. The highest BCUT2D eigenvalue weighted by Crippen LogP contribution is 2.41. The minimum atomic E-state index is -0.977. The molecule has 0 spiro atoms. The fourth-order valence-electron chi connectivity index (χ4n) is 4.00. The van der Waals surface area contributed by atoms with Gasteiger partial charge in [0.1, 0.15) is 11.6 Å². The summed E-state index contributed by atoms with van der Waals surface area (Å²) in [7, 11) is 1.58. The number of pyridine rings is 1. The van der Waals surface area contributed by atoms with Gasteiger partial charge >= 0.3 is 0 Å². The van der Waals surface area contributed by atoms with Crippen LogP contribution in [0.4, 0.5) is 4.39 Å². The van der Waals surface area contributed by atoms with Crippen LogP contribution in [0.15, 0.2) is 42.7 Å². The third-order valence-corrected chi connectivity index (χ3v) is 5.69. The van der Waals surface area contributed by atoms with E-state index >= 15 is 0 Å². The summed E-state index contributed by atoms with van der Waals surface area (Å²) in [6.45, 7) is 8.08. The van der Waals surface area contributed by atoms with Crippen molar-refractivity contribution in [1.29, 1.82) is 0 Å². The summed E-state index contributed by atoms with van der Waals surface area (Å²) < 4.78 is 19.4. The van der Waals surface area contributed by atoms with Gasteiger partial charge in [-0.2, -0.15) is 0 Å². The first-order valence-electron chi connectivity index (χ1n) is 9.63. The lowest BCUT2D eigenvalue weighted by Crippen LogP contribution is -2.43. The molecular formula is C23H29FN2O2. The molecule has 150 valence electrons. The normalized spacial score (nSPS) is 14.4. The van der Waals surface area contributed by atoms with Crippen LogP contribution in [0.3, 0.4) is 0 Å². The number of ether oxygens (including phenoxy) is 1. The summed E-state index contributed by atoms with van der Waals surface area (Å²) in [5, 5.41) is 12.6. The number of aliphatic hydroxyl groups is 1. The Bertz CT molecular complexity index is 931. The summed E-state index contributed by atoms with van der Waals surface area (Å²) in [4.78, 5) is 7.53. The van der Waals surface area contributed by atoms with Crippen LogP contribution >= 0.6 is 0 Å². The molecule has 1 unspecified atom stereocenters. The van der Waals surface area contributed by atoms with Gasteiger partial charge in [0.05, 0.1) is 12.7 Å². The number of nitrogens with zero attached hydrogens (tertiary/aromatic N) is 1. The SMILES string of the molecule is COc1ccc(F)cc1C(C)(C)CC(O)(Cc1cc2cnccc2[nH]1)C(C)C. The number of nitrogens with one attached hydrogen (secondary N) is 1. The first kappa shape index (κ1) is 20.3. The smallest absolute Gasteiger partial charge is 0.123 e. The maximum atomic E-state index is 13.9. The molecule has 5 heteroatoms. The molecule has 2 aromatic heterocycles. The average molecular weight is 384 g/mol. The molecule has 2 heterocycles. The summed E-state index contributed by atoms with van der Waals surface area (Å²) in [5.41, 5.74) is 1.26. The molecule has 3 aromatic rings. The number of hydrogen-bond acceptors (Lipinski definition) is 3. The van der Waals surface area contributed by atoms with Crippen LogP contribution < -0.4 is 4.74 Å². The third-order valence-electron chi connectivity index (χ3n) is 5.69. The predicted molar refractivity (Wildman–Crippen MR) is 110 cm³/mol. The first-order chi connectivity index (χ1) is 13.1. The zero-order valence-electron chi connectivity index (χ0n) is 17.2. The van der Waals surface area contributed by atoms with Gasteiger partial charge in [-0.05, 0) is 48.1 Å². The van der Waals surface area contributed by atoms with Gasteiger partial charge < -0.3 is 14.8 Å². The maximum absolute atomic E-state index is 13.9. The summed E-state index contributed by atoms with van der Waals surface area (Å²) in [6, 6.07) is 8.51. The number of rotatable bonds is 7. The van der Waals surface area contributed by atoms with Crippen molar-refractivity contribution in [3.8, 4) is 5.75 Å². The zero-order chi connectivity index (χ0) is 20.5. The number of aromatic amines is 1. The van der Waals surface area contributed by atoms with Gasteiger partial charge in [-0.25, -0.2) is 4.39 Å². The van der Waals surface area contributed by atoms with Gasteiger partial charge in [0.25, 0.3) is 0 Å². The first-order valence-corrected chi connectivity index (χ1v) is 9.63. The Morgan fingerprint density at radius 3 is 2.61 bits per heavy atom. The van der Waals surface area contributed by atoms with Crippen molar-refractivity contribution in [2.75, 3.05) is 7.11 Å². The molecular weight excluding hydrogens is 355 g/mol. The number of methoxy groups -OCH3 is 1. The number of fused-ring (bicyclic) bond motifs is 1. The molecule has 1 atom stereocenters. The molecule has 0 aliphatic rings. The van der Waals surface area contributed by atoms with E-state index in [-0.39, 0.29) is 11.7 Å². The number of halogens is 1. The van der Waals surface area contributed by atoms with Crippen molar-refractivity contribution < 1.29 is 14.2 Å². The number of H-pyrrole nitrogens is 1. The van der Waals surface area contributed by atoms with Crippen LogP contribution in [0.1, 0.15) is 45.4 Å². The highest BCUT2D eigenvalue weighted by atomic mass is 19.1. The number of benzene rings is 1. The molecule has 0 aliphatic heterocycles. The van der Waals surface area contributed by atoms with Crippen molar-refractivity contribution in [3.63, 3.8) is 0 Å². The second kappa shape index (κ2) is 7.55. The van der Waals surface area contributed by atoms with Crippen molar-refractivity contribution in [2.24, 2.45) is 5.92 Å². The summed E-state index contributed by atoms with van der Waals surface area (Å²) in [5.74, 6) is 0.338. The maximum Gasteiger partial charge on any atom is 0.123 e. The van der Waals surface area contributed by atoms with E-state index in [1.165, 1.54) is 12.1 Å². The second-order valence-electron chi connectivity index (χ2n) is 8.60. The molecule has 0 fully saturated rings. The van der Waals surface area contributed by atoms with E-state index in [2.05, 4.69) is 9.97 Å². The van der Waals surface area contributed by atoms with Crippen LogP contribution in [-0.4, -0.2) is 27.8 Å². The van der Waals surface area contributed by atoms with Crippen LogP contribution in [0.5, 0.6) is 5.75 Å². The molecule has 0 saturated carbocycles. The van der Waals surface area contributed by atoms with Gasteiger partial charge in [-0.3, -0.25) is 4.98 Å². The van der Waals surface area contributed by atoms with Gasteiger partial charge in [0.2, 0.25) is 0 Å². The van der Waals surface area contributed by atoms with Crippen molar-refractivity contribution in [1.82, 2.24) is 9.97 Å². The Labute approximate surface area is 165 Å². The van der Waals surface area contributed by atoms with Gasteiger partial charge in [0, 0.05) is 41.0 Å². The summed E-state index contributed by atoms with van der Waals surface area (Å²) >= 11 is 0. The Morgan fingerprint density at radius 2 is 1.96 bits per heavy atom. The third kappa shape index (κ3) is 4.04. The lowest BCUT2D eigenvalue weighted by atomic mass is 9.70. The quantitative estimate of drug-likeness (QED) is 0.602. The highest BCUT2D eigenvalue weighted by Gasteiger charge is 2.39. The van der Waals surface area contributed by atoms with Gasteiger partial charge in [-0.15, -0.1) is 0 Å². The molecule has 0 saturated heterocycles. The minimum absolute atomic E-state index is 0.0101. The molecule has 0 radical (unpaired) electrons. The van der Waals surface area contributed by atoms with Crippen molar-refractivity contribution in [3.05, 3.63) is 59.8 Å². The Hall–Kier alpha value is -2.40. The number of hydrogen-bond donors (Lipinski definition) is 2. The van der Waals surface area contributed by atoms with Crippen LogP contribution in [0, 0.1) is 11.7 Å². The van der Waals surface area contributed by atoms with Gasteiger partial charge in [-0.1, -0.05) is 27.7 Å². The molecule has 1 aromatic carbocycles. The fourth-order valence-corrected chi connectivity index (χ4v) is 4.00. The minimum Gasteiger partial charge on any atom is -0.496 e. The highest BCUT2D eigenvalue weighted by molar-refractivity contribution is 5.79. The molecule has 0 bridgehead atoms. The van der Waals surface area contributed by atoms with E-state index in [0.29, 0.717) is 18.6 Å². The van der Waals surface area contributed by atoms with E-state index in [0.717, 1.165) is 22.2 Å². The summed E-state index contributed by atoms with van der Waals surface area (Å²) in [6.07, 6.45) is 4.49. The van der Waals surface area contributed by atoms with Crippen molar-refractivity contribution in [2.45, 2.75) is 51.6 Å². The fraction of sp³-hybridized carbons (Fsp3) is 0.435. The molecule has 3 rings (SSSR count). The second-order valence-corrected chi connectivity index (χ2v) is 8.60. The lowest BCUT2D eigenvalue weighted by Gasteiger charge is -2.40. The van der Waals surface area contributed by atoms with Crippen LogP contribution in [0.25, 0.3) is 10.9 Å². The van der Waals surface area contributed by atoms with Gasteiger partial charge in [0.15, 0.2) is 0 Å². The zero-order valence-corrected chi connectivity index (χ0v) is 17.2. The standard InChI is InChI=1S/C23H29FN2O2/c1-15(2)23(27,12-18-10-16-13-25-9-8-20(16)26-18)14-22(3,4)19-11-17(24)6-7-21(19)28-5/h6-11,13,15,26-27H,12,14H2,1-5H3. The molecule has 0 aliphatic carbocycles. The van der Waals surface area contributed by atoms with E-state index in [1.807, 2.05) is 46.0 Å². The molecule has 28 heavy (non-hydrogen) atoms. The average Bonchev–Trinajstić information content (AvgIpc) is 3.02. The molecule has 4 nitrogen and oxygen atoms in total. The van der Waals surface area contributed by atoms with E-state index < -0.39 is 11.0 Å². The number of aromatic nitrogens is 2. The monoisotopic (exact) mass is 384 g/mol. The van der Waals surface area contributed by atoms with Crippen LogP contribution in [0.2, 0.25) is 0 Å². The molecule has 2 N–H and O–H groups in total. The molecule has 0 amide bonds. The van der Waals surface area contributed by atoms with E-state index in [1.54, 1.807) is 19.4 Å². The Morgan fingerprint density at radius 1 is 1.21 bits per heavy atom. The Balaban J connectivity index is 1.93. The van der Waals surface area contributed by atoms with Crippen LogP contribution in [-0.2, 0) is 11.8 Å². The lowest BCUT2D eigenvalue weighted by molar-refractivity contribution is -0.0293.